The highest BCUT2D eigenvalue weighted by molar-refractivity contribution is 5.45. The molecule has 2 aromatic rings. The van der Waals surface area contributed by atoms with Crippen molar-refractivity contribution in [3.05, 3.63) is 41.1 Å². The van der Waals surface area contributed by atoms with E-state index in [1.54, 1.807) is 42.9 Å². The predicted octanol–water partition coefficient (Wildman–Crippen LogP) is 1.88. The highest BCUT2D eigenvalue weighted by Crippen LogP contribution is 2.29. The van der Waals surface area contributed by atoms with E-state index in [0.29, 0.717) is 28.5 Å². The van der Waals surface area contributed by atoms with E-state index in [9.17, 15) is 5.11 Å². The van der Waals surface area contributed by atoms with Gasteiger partial charge in [-0.05, 0) is 19.1 Å². The summed E-state index contributed by atoms with van der Waals surface area (Å²) >= 11 is 0. The second-order valence-electron chi connectivity index (χ2n) is 3.86. The van der Waals surface area contributed by atoms with Crippen molar-refractivity contribution in [2.24, 2.45) is 7.05 Å². The van der Waals surface area contributed by atoms with Crippen molar-refractivity contribution in [3.8, 4) is 17.7 Å². The van der Waals surface area contributed by atoms with Crippen LogP contribution < -0.4 is 4.74 Å². The summed E-state index contributed by atoms with van der Waals surface area (Å²) < 4.78 is 7.24. The molecule has 0 amide bonds. The first-order valence-electron chi connectivity index (χ1n) is 5.47. The number of aromatic nitrogens is 2. The number of aliphatic hydroxyl groups excluding tert-OH is 1. The summed E-state index contributed by atoms with van der Waals surface area (Å²) in [5, 5.41) is 22.5. The van der Waals surface area contributed by atoms with Gasteiger partial charge in [0.15, 0.2) is 0 Å². The number of aliphatic hydroxyl groups is 1. The van der Waals surface area contributed by atoms with Gasteiger partial charge in [0.25, 0.3) is 0 Å². The first kappa shape index (κ1) is 12.1. The van der Waals surface area contributed by atoms with Gasteiger partial charge in [-0.25, -0.2) is 4.68 Å². The maximum atomic E-state index is 9.32. The Morgan fingerprint density at radius 1 is 1.44 bits per heavy atom. The van der Waals surface area contributed by atoms with Gasteiger partial charge < -0.3 is 9.84 Å². The average molecular weight is 243 g/mol. The molecule has 0 fully saturated rings. The number of para-hydroxylation sites is 1. The minimum Gasteiger partial charge on any atom is -0.438 e. The second-order valence-corrected chi connectivity index (χ2v) is 3.86. The molecule has 0 bridgehead atoms. The van der Waals surface area contributed by atoms with Crippen molar-refractivity contribution in [2.45, 2.75) is 13.5 Å². The summed E-state index contributed by atoms with van der Waals surface area (Å²) in [6.07, 6.45) is 0. The minimum atomic E-state index is -0.149. The largest absolute Gasteiger partial charge is 0.438 e. The normalized spacial score (nSPS) is 10.1. The lowest BCUT2D eigenvalue weighted by atomic mass is 10.2. The topological polar surface area (TPSA) is 71.1 Å². The monoisotopic (exact) mass is 243 g/mol. The third-order valence-electron chi connectivity index (χ3n) is 2.66. The predicted molar refractivity (Wildman–Crippen MR) is 65.1 cm³/mol. The molecule has 1 heterocycles. The van der Waals surface area contributed by atoms with E-state index >= 15 is 0 Å². The van der Waals surface area contributed by atoms with Crippen LogP contribution in [0.2, 0.25) is 0 Å². The van der Waals surface area contributed by atoms with Gasteiger partial charge in [-0.3, -0.25) is 0 Å². The number of hydrogen-bond acceptors (Lipinski definition) is 4. The van der Waals surface area contributed by atoms with Crippen molar-refractivity contribution in [2.75, 3.05) is 0 Å². The first-order chi connectivity index (χ1) is 8.67. The summed E-state index contributed by atoms with van der Waals surface area (Å²) in [4.78, 5) is 0. The molecule has 0 aliphatic heterocycles. The van der Waals surface area contributed by atoms with Gasteiger partial charge in [0.05, 0.1) is 23.4 Å². The lowest BCUT2D eigenvalue weighted by molar-refractivity contribution is 0.274. The molecule has 0 atom stereocenters. The van der Waals surface area contributed by atoms with Gasteiger partial charge in [0.1, 0.15) is 11.8 Å². The number of nitriles is 1. The maximum Gasteiger partial charge on any atom is 0.223 e. The Morgan fingerprint density at radius 3 is 2.83 bits per heavy atom. The molecule has 0 unspecified atom stereocenters. The summed E-state index contributed by atoms with van der Waals surface area (Å²) in [6.45, 7) is 1.65. The molecular weight excluding hydrogens is 230 g/mol. The number of nitrogens with zero attached hydrogens (tertiary/aromatic N) is 3. The van der Waals surface area contributed by atoms with Gasteiger partial charge in [0.2, 0.25) is 5.88 Å². The van der Waals surface area contributed by atoms with Crippen molar-refractivity contribution in [1.82, 2.24) is 9.78 Å². The van der Waals surface area contributed by atoms with E-state index in [4.69, 9.17) is 10.00 Å². The molecule has 5 nitrogen and oxygen atoms in total. The standard InChI is InChI=1S/C13H13N3O2/c1-9-11(8-17)13(16(2)15-9)18-12-6-4-3-5-10(12)7-14/h3-6,17H,8H2,1-2H3. The van der Waals surface area contributed by atoms with Crippen LogP contribution in [-0.2, 0) is 13.7 Å². The van der Waals surface area contributed by atoms with Gasteiger partial charge in [-0.15, -0.1) is 0 Å². The van der Waals surface area contributed by atoms with Gasteiger partial charge in [-0.1, -0.05) is 12.1 Å². The maximum absolute atomic E-state index is 9.32. The van der Waals surface area contributed by atoms with Crippen LogP contribution in [0.15, 0.2) is 24.3 Å². The van der Waals surface area contributed by atoms with E-state index in [-0.39, 0.29) is 6.61 Å². The Morgan fingerprint density at radius 2 is 2.17 bits per heavy atom. The number of ether oxygens (including phenoxy) is 1. The molecule has 0 radical (unpaired) electrons. The van der Waals surface area contributed by atoms with Crippen LogP contribution in [0.3, 0.4) is 0 Å². The first-order valence-corrected chi connectivity index (χ1v) is 5.47. The fourth-order valence-corrected chi connectivity index (χ4v) is 1.74. The molecule has 1 N–H and O–H groups in total. The SMILES string of the molecule is Cc1nn(C)c(Oc2ccccc2C#N)c1CO. The van der Waals surface area contributed by atoms with Gasteiger partial charge >= 0.3 is 0 Å². The van der Waals surface area contributed by atoms with E-state index in [1.165, 1.54) is 0 Å². The van der Waals surface area contributed by atoms with E-state index in [1.807, 2.05) is 0 Å². The molecule has 0 saturated heterocycles. The summed E-state index contributed by atoms with van der Waals surface area (Å²) in [7, 11) is 1.73. The molecule has 0 spiro atoms. The number of aryl methyl sites for hydroxylation is 2. The average Bonchev–Trinajstić information content (AvgIpc) is 2.64. The van der Waals surface area contributed by atoms with Crippen molar-refractivity contribution in [3.63, 3.8) is 0 Å². The molecule has 0 saturated carbocycles. The lowest BCUT2D eigenvalue weighted by Gasteiger charge is -2.08. The summed E-state index contributed by atoms with van der Waals surface area (Å²) in [5.41, 5.74) is 1.79. The Balaban J connectivity index is 2.43. The van der Waals surface area contributed by atoms with Crippen LogP contribution in [-0.4, -0.2) is 14.9 Å². The van der Waals surface area contributed by atoms with Gasteiger partial charge in [-0.2, -0.15) is 10.4 Å². The van der Waals surface area contributed by atoms with E-state index < -0.39 is 0 Å². The molecule has 92 valence electrons. The van der Waals surface area contributed by atoms with Crippen LogP contribution in [0.1, 0.15) is 16.8 Å². The summed E-state index contributed by atoms with van der Waals surface area (Å²) in [5.74, 6) is 0.912. The van der Waals surface area contributed by atoms with Crippen molar-refractivity contribution >= 4 is 0 Å². The van der Waals surface area contributed by atoms with Gasteiger partial charge in [0, 0.05) is 7.05 Å². The fourth-order valence-electron chi connectivity index (χ4n) is 1.74. The molecule has 0 aliphatic carbocycles. The molecule has 2 rings (SSSR count). The molecular formula is C13H13N3O2. The Kier molecular flexibility index (Phi) is 3.31. The van der Waals surface area contributed by atoms with E-state index in [0.717, 1.165) is 0 Å². The van der Waals surface area contributed by atoms with Crippen LogP contribution in [0, 0.1) is 18.3 Å². The summed E-state index contributed by atoms with van der Waals surface area (Å²) in [6, 6.07) is 9.01. The quantitative estimate of drug-likeness (QED) is 0.893. The zero-order valence-electron chi connectivity index (χ0n) is 10.2. The lowest BCUT2D eigenvalue weighted by Crippen LogP contribution is -1.98. The smallest absolute Gasteiger partial charge is 0.223 e. The zero-order chi connectivity index (χ0) is 13.1. The highest BCUT2D eigenvalue weighted by Gasteiger charge is 2.15. The molecule has 1 aromatic heterocycles. The number of hydrogen-bond donors (Lipinski definition) is 1. The third-order valence-corrected chi connectivity index (χ3v) is 2.66. The van der Waals surface area contributed by atoms with Crippen molar-refractivity contribution < 1.29 is 9.84 Å². The van der Waals surface area contributed by atoms with Crippen LogP contribution >= 0.6 is 0 Å². The fraction of sp³-hybridized carbons (Fsp3) is 0.231. The molecule has 18 heavy (non-hydrogen) atoms. The Hall–Kier alpha value is -2.32. The number of benzene rings is 1. The highest BCUT2D eigenvalue weighted by atomic mass is 16.5. The van der Waals surface area contributed by atoms with Crippen LogP contribution in [0.5, 0.6) is 11.6 Å². The third kappa shape index (κ3) is 2.06. The molecule has 5 heteroatoms. The second kappa shape index (κ2) is 4.90. The molecule has 1 aromatic carbocycles. The van der Waals surface area contributed by atoms with E-state index in [2.05, 4.69) is 11.2 Å². The zero-order valence-corrected chi connectivity index (χ0v) is 10.2. The minimum absolute atomic E-state index is 0.149. The van der Waals surface area contributed by atoms with Crippen LogP contribution in [0.4, 0.5) is 0 Å². The molecule has 0 aliphatic rings. The Bertz CT molecular complexity index is 611. The number of rotatable bonds is 3. The van der Waals surface area contributed by atoms with Crippen molar-refractivity contribution in [1.29, 1.82) is 5.26 Å². The van der Waals surface area contributed by atoms with Crippen LogP contribution in [0.25, 0.3) is 0 Å². The Labute approximate surface area is 105 Å².